The molecule has 0 aliphatic heterocycles. The van der Waals surface area contributed by atoms with Crippen LogP contribution in [-0.4, -0.2) is 5.97 Å². The van der Waals surface area contributed by atoms with E-state index >= 15 is 0 Å². The number of esters is 1. The second kappa shape index (κ2) is 5.76. The minimum absolute atomic E-state index is 0.153. The highest BCUT2D eigenvalue weighted by Gasteiger charge is 2.10. The van der Waals surface area contributed by atoms with Crippen molar-refractivity contribution >= 4 is 17.6 Å². The van der Waals surface area contributed by atoms with Crippen LogP contribution in [-0.2, 0) is 9.53 Å². The molecule has 0 saturated carbocycles. The molecule has 1 rings (SSSR count). The van der Waals surface area contributed by atoms with Gasteiger partial charge in [-0.2, -0.15) is 0 Å². The Bertz CT molecular complexity index is 319. The first kappa shape index (κ1) is 12.1. The zero-order chi connectivity index (χ0) is 11.3. The molecule has 0 aliphatic rings. The summed E-state index contributed by atoms with van der Waals surface area (Å²) in [6, 6.07) is 7.32. The second-order valence-electron chi connectivity index (χ2n) is 3.43. The third-order valence-electron chi connectivity index (χ3n) is 2.10. The Balaban J connectivity index is 2.57. The van der Waals surface area contributed by atoms with E-state index in [4.69, 9.17) is 16.3 Å². The molecule has 0 N–H and O–H groups in total. The van der Waals surface area contributed by atoms with Gasteiger partial charge >= 0.3 is 5.97 Å². The zero-order valence-corrected chi connectivity index (χ0v) is 9.75. The van der Waals surface area contributed by atoms with Gasteiger partial charge in [-0.05, 0) is 31.0 Å². The molecular weight excluding hydrogens is 212 g/mol. The van der Waals surface area contributed by atoms with Crippen molar-refractivity contribution in [3.8, 4) is 0 Å². The molecule has 1 aromatic carbocycles. The first-order valence-electron chi connectivity index (χ1n) is 5.08. The van der Waals surface area contributed by atoms with E-state index in [2.05, 4.69) is 0 Å². The van der Waals surface area contributed by atoms with Gasteiger partial charge in [-0.25, -0.2) is 0 Å². The molecule has 15 heavy (non-hydrogen) atoms. The Morgan fingerprint density at radius 3 is 2.53 bits per heavy atom. The molecule has 0 radical (unpaired) electrons. The quantitative estimate of drug-likeness (QED) is 0.731. The maximum absolute atomic E-state index is 11.2. The molecule has 0 saturated heterocycles. The third-order valence-corrected chi connectivity index (χ3v) is 2.35. The molecule has 0 unspecified atom stereocenters. The molecule has 0 heterocycles. The molecular formula is C12H15ClO2. The van der Waals surface area contributed by atoms with Gasteiger partial charge in [0.1, 0.15) is 6.10 Å². The van der Waals surface area contributed by atoms with Gasteiger partial charge in [0.25, 0.3) is 0 Å². The Morgan fingerprint density at radius 1 is 1.40 bits per heavy atom. The summed E-state index contributed by atoms with van der Waals surface area (Å²) >= 11 is 5.76. The Morgan fingerprint density at radius 2 is 2.00 bits per heavy atom. The lowest BCUT2D eigenvalue weighted by atomic mass is 10.1. The zero-order valence-electron chi connectivity index (χ0n) is 9.00. The lowest BCUT2D eigenvalue weighted by Crippen LogP contribution is -2.08. The standard InChI is InChI=1S/C12H15ClO2/c1-3-4-12(14)15-9(2)10-5-7-11(13)8-6-10/h5-9H,3-4H2,1-2H3/t9-/m0/s1. The van der Waals surface area contributed by atoms with Crippen molar-refractivity contribution < 1.29 is 9.53 Å². The summed E-state index contributed by atoms with van der Waals surface area (Å²) < 4.78 is 5.23. The molecule has 82 valence electrons. The van der Waals surface area contributed by atoms with Crippen molar-refractivity contribution in [3.05, 3.63) is 34.9 Å². The summed E-state index contributed by atoms with van der Waals surface area (Å²) in [7, 11) is 0. The van der Waals surface area contributed by atoms with Crippen LogP contribution < -0.4 is 0 Å². The molecule has 1 atom stereocenters. The van der Waals surface area contributed by atoms with Gasteiger partial charge in [-0.3, -0.25) is 4.79 Å². The van der Waals surface area contributed by atoms with E-state index in [1.807, 2.05) is 26.0 Å². The molecule has 2 nitrogen and oxygen atoms in total. The van der Waals surface area contributed by atoms with Crippen molar-refractivity contribution in [3.63, 3.8) is 0 Å². The van der Waals surface area contributed by atoms with Crippen LogP contribution >= 0.6 is 11.6 Å². The Hall–Kier alpha value is -1.02. The maximum atomic E-state index is 11.2. The van der Waals surface area contributed by atoms with E-state index in [0.717, 1.165) is 12.0 Å². The molecule has 0 aromatic heterocycles. The number of ether oxygens (including phenoxy) is 1. The summed E-state index contributed by atoms with van der Waals surface area (Å²) in [5, 5.41) is 0.686. The SMILES string of the molecule is CCCC(=O)O[C@@H](C)c1ccc(Cl)cc1. The van der Waals surface area contributed by atoms with Gasteiger partial charge in [-0.1, -0.05) is 30.7 Å². The Labute approximate surface area is 95.2 Å². The minimum Gasteiger partial charge on any atom is -0.458 e. The van der Waals surface area contributed by atoms with E-state index < -0.39 is 0 Å². The molecule has 0 spiro atoms. The van der Waals surface area contributed by atoms with Crippen LogP contribution in [0.4, 0.5) is 0 Å². The Kier molecular flexibility index (Phi) is 4.63. The normalized spacial score (nSPS) is 12.2. The molecule has 0 amide bonds. The number of carbonyl (C=O) groups excluding carboxylic acids is 1. The van der Waals surface area contributed by atoms with Gasteiger partial charge in [-0.15, -0.1) is 0 Å². The van der Waals surface area contributed by atoms with Crippen LogP contribution in [0.5, 0.6) is 0 Å². The van der Waals surface area contributed by atoms with E-state index in [9.17, 15) is 4.79 Å². The number of halogens is 1. The molecule has 0 fully saturated rings. The van der Waals surface area contributed by atoms with Crippen LogP contribution in [0.3, 0.4) is 0 Å². The summed E-state index contributed by atoms with van der Waals surface area (Å²) in [6.07, 6.45) is 1.07. The van der Waals surface area contributed by atoms with Crippen LogP contribution in [0.25, 0.3) is 0 Å². The smallest absolute Gasteiger partial charge is 0.306 e. The predicted octanol–water partition coefficient (Wildman–Crippen LogP) is 3.74. The molecule has 0 bridgehead atoms. The number of rotatable bonds is 4. The van der Waals surface area contributed by atoms with Crippen molar-refractivity contribution in [2.45, 2.75) is 32.8 Å². The van der Waals surface area contributed by atoms with E-state index in [0.29, 0.717) is 11.4 Å². The van der Waals surface area contributed by atoms with Gasteiger partial charge in [0.2, 0.25) is 0 Å². The van der Waals surface area contributed by atoms with Crippen LogP contribution in [0.15, 0.2) is 24.3 Å². The second-order valence-corrected chi connectivity index (χ2v) is 3.87. The average Bonchev–Trinajstić information content (AvgIpc) is 2.18. The summed E-state index contributed by atoms with van der Waals surface area (Å²) in [6.45, 7) is 3.81. The molecule has 1 aromatic rings. The van der Waals surface area contributed by atoms with Gasteiger partial charge in [0.05, 0.1) is 0 Å². The average molecular weight is 227 g/mol. The van der Waals surface area contributed by atoms with Crippen molar-refractivity contribution in [2.24, 2.45) is 0 Å². The van der Waals surface area contributed by atoms with Crippen LogP contribution in [0, 0.1) is 0 Å². The van der Waals surface area contributed by atoms with Gasteiger partial charge < -0.3 is 4.74 Å². The summed E-state index contributed by atoms with van der Waals surface area (Å²) in [5.74, 6) is -0.153. The lowest BCUT2D eigenvalue weighted by Gasteiger charge is -2.13. The molecule has 0 aliphatic carbocycles. The monoisotopic (exact) mass is 226 g/mol. The van der Waals surface area contributed by atoms with E-state index in [-0.39, 0.29) is 12.1 Å². The minimum atomic E-state index is -0.207. The van der Waals surface area contributed by atoms with Gasteiger partial charge in [0.15, 0.2) is 0 Å². The maximum Gasteiger partial charge on any atom is 0.306 e. The first-order valence-corrected chi connectivity index (χ1v) is 5.46. The number of benzene rings is 1. The number of carbonyl (C=O) groups is 1. The fourth-order valence-corrected chi connectivity index (χ4v) is 1.39. The number of hydrogen-bond donors (Lipinski definition) is 0. The highest BCUT2D eigenvalue weighted by molar-refractivity contribution is 6.30. The summed E-state index contributed by atoms with van der Waals surface area (Å²) in [5.41, 5.74) is 0.962. The fraction of sp³-hybridized carbons (Fsp3) is 0.417. The predicted molar refractivity (Wildman–Crippen MR) is 60.9 cm³/mol. The van der Waals surface area contributed by atoms with Crippen LogP contribution in [0.2, 0.25) is 5.02 Å². The fourth-order valence-electron chi connectivity index (χ4n) is 1.26. The molecule has 3 heteroatoms. The third kappa shape index (κ3) is 3.92. The highest BCUT2D eigenvalue weighted by Crippen LogP contribution is 2.19. The van der Waals surface area contributed by atoms with Crippen molar-refractivity contribution in [2.75, 3.05) is 0 Å². The first-order chi connectivity index (χ1) is 7.13. The highest BCUT2D eigenvalue weighted by atomic mass is 35.5. The van der Waals surface area contributed by atoms with Crippen molar-refractivity contribution in [1.82, 2.24) is 0 Å². The number of hydrogen-bond acceptors (Lipinski definition) is 2. The summed E-state index contributed by atoms with van der Waals surface area (Å²) in [4.78, 5) is 11.2. The topological polar surface area (TPSA) is 26.3 Å². The largest absolute Gasteiger partial charge is 0.458 e. The lowest BCUT2D eigenvalue weighted by molar-refractivity contribution is -0.148. The van der Waals surface area contributed by atoms with Crippen LogP contribution in [0.1, 0.15) is 38.4 Å². The van der Waals surface area contributed by atoms with E-state index in [1.165, 1.54) is 0 Å². The van der Waals surface area contributed by atoms with E-state index in [1.54, 1.807) is 12.1 Å². The van der Waals surface area contributed by atoms with Gasteiger partial charge in [0, 0.05) is 11.4 Å². The van der Waals surface area contributed by atoms with Crippen molar-refractivity contribution in [1.29, 1.82) is 0 Å².